The molecule has 3 atom stereocenters. The van der Waals surface area contributed by atoms with Crippen LogP contribution in [-0.4, -0.2) is 16.1 Å². The van der Waals surface area contributed by atoms with Crippen LogP contribution in [0.2, 0.25) is 0 Å². The van der Waals surface area contributed by atoms with E-state index in [1.807, 2.05) is 0 Å². The summed E-state index contributed by atoms with van der Waals surface area (Å²) in [7, 11) is 0. The van der Waals surface area contributed by atoms with Crippen molar-refractivity contribution in [2.45, 2.75) is 31.7 Å². The number of hydrogen-bond donors (Lipinski definition) is 2. The first-order valence-electron chi connectivity index (χ1n) is 6.94. The fourth-order valence-corrected chi connectivity index (χ4v) is 3.72. The van der Waals surface area contributed by atoms with Crippen LogP contribution in [0.3, 0.4) is 0 Å². The van der Waals surface area contributed by atoms with Gasteiger partial charge >= 0.3 is 0 Å². The van der Waals surface area contributed by atoms with Gasteiger partial charge in [0.2, 0.25) is 0 Å². The van der Waals surface area contributed by atoms with Gasteiger partial charge in [0.25, 0.3) is 5.69 Å². The maximum atomic E-state index is 10.7. The molecule has 1 aromatic rings. The predicted octanol–water partition coefficient (Wildman–Crippen LogP) is 3.07. The first-order chi connectivity index (χ1) is 9.61. The molecule has 0 heterocycles. The number of nitro benzene ring substituents is 1. The second-order valence-corrected chi connectivity index (χ2v) is 6.10. The van der Waals surface area contributed by atoms with Crippen molar-refractivity contribution in [3.05, 3.63) is 34.4 Å². The summed E-state index contributed by atoms with van der Waals surface area (Å²) in [6, 6.07) is 6.86. The zero-order chi connectivity index (χ0) is 14.1. The Hall–Kier alpha value is -1.69. The second-order valence-electron chi connectivity index (χ2n) is 5.69. The van der Waals surface area contributed by atoms with Crippen molar-refractivity contribution in [1.29, 1.82) is 0 Å². The largest absolute Gasteiger partial charge is 0.359 e. The lowest BCUT2D eigenvalue weighted by molar-refractivity contribution is -0.384. The average molecular weight is 291 g/mol. The van der Waals surface area contributed by atoms with Crippen molar-refractivity contribution < 1.29 is 4.92 Å². The molecule has 2 aliphatic carbocycles. The molecular weight excluding hydrogens is 274 g/mol. The maximum Gasteiger partial charge on any atom is 0.271 e. The minimum atomic E-state index is -0.405. The third kappa shape index (κ3) is 2.75. The van der Waals surface area contributed by atoms with E-state index < -0.39 is 4.92 Å². The van der Waals surface area contributed by atoms with Gasteiger partial charge in [0, 0.05) is 23.9 Å². The third-order valence-corrected chi connectivity index (χ3v) is 4.59. The summed E-state index contributed by atoms with van der Waals surface area (Å²) in [6.07, 6.45) is 5.16. The van der Waals surface area contributed by atoms with E-state index in [2.05, 4.69) is 10.6 Å². The van der Waals surface area contributed by atoms with Gasteiger partial charge < -0.3 is 10.6 Å². The Balaban J connectivity index is 1.59. The first kappa shape index (κ1) is 13.3. The van der Waals surface area contributed by atoms with Gasteiger partial charge in [-0.2, -0.15) is 0 Å². The van der Waals surface area contributed by atoms with Gasteiger partial charge in [-0.25, -0.2) is 0 Å². The highest BCUT2D eigenvalue weighted by Gasteiger charge is 2.39. The van der Waals surface area contributed by atoms with Crippen LogP contribution in [-0.2, 0) is 0 Å². The van der Waals surface area contributed by atoms with E-state index in [-0.39, 0.29) is 5.69 Å². The highest BCUT2D eigenvalue weighted by Crippen LogP contribution is 2.44. The summed E-state index contributed by atoms with van der Waals surface area (Å²) in [5, 5.41) is 17.7. The Morgan fingerprint density at radius 3 is 2.85 bits per heavy atom. The molecule has 5 nitrogen and oxygen atoms in total. The molecular formula is C14H17N3O2S. The number of thiocarbonyl (C=S) groups is 1. The van der Waals surface area contributed by atoms with Gasteiger partial charge in [0.05, 0.1) is 4.92 Å². The maximum absolute atomic E-state index is 10.7. The standard InChI is InChI=1S/C14H17N3O2S/c18-17(19)12-3-1-2-11(8-12)15-14(20)16-13-7-9-4-5-10(13)6-9/h1-3,8-10,13H,4-7H2,(H2,15,16,20)/t9-,10+,13-/m0/s1. The van der Waals surface area contributed by atoms with Gasteiger partial charge in [-0.05, 0) is 49.4 Å². The minimum absolute atomic E-state index is 0.0673. The summed E-state index contributed by atoms with van der Waals surface area (Å²) in [5.74, 6) is 1.60. The number of nitrogens with one attached hydrogen (secondary N) is 2. The van der Waals surface area contributed by atoms with E-state index in [0.29, 0.717) is 16.8 Å². The molecule has 106 valence electrons. The van der Waals surface area contributed by atoms with Gasteiger partial charge in [-0.3, -0.25) is 10.1 Å². The molecule has 3 rings (SSSR count). The number of anilines is 1. The fraction of sp³-hybridized carbons (Fsp3) is 0.500. The Labute approximate surface area is 122 Å². The molecule has 2 saturated carbocycles. The van der Waals surface area contributed by atoms with Crippen molar-refractivity contribution >= 4 is 28.7 Å². The van der Waals surface area contributed by atoms with Crippen molar-refractivity contribution in [2.75, 3.05) is 5.32 Å². The summed E-state index contributed by atoms with van der Waals surface area (Å²) < 4.78 is 0. The number of rotatable bonds is 3. The zero-order valence-electron chi connectivity index (χ0n) is 11.0. The van der Waals surface area contributed by atoms with E-state index in [0.717, 1.165) is 11.8 Å². The molecule has 6 heteroatoms. The number of nitrogens with zero attached hydrogens (tertiary/aromatic N) is 1. The van der Waals surface area contributed by atoms with Crippen LogP contribution in [0.5, 0.6) is 0 Å². The average Bonchev–Trinajstić information content (AvgIpc) is 3.01. The normalized spacial score (nSPS) is 27.3. The van der Waals surface area contributed by atoms with E-state index in [1.54, 1.807) is 12.1 Å². The second kappa shape index (κ2) is 5.36. The van der Waals surface area contributed by atoms with E-state index >= 15 is 0 Å². The number of non-ortho nitro benzene ring substituents is 1. The lowest BCUT2D eigenvalue weighted by Crippen LogP contribution is -2.40. The Morgan fingerprint density at radius 2 is 2.20 bits per heavy atom. The molecule has 0 radical (unpaired) electrons. The smallest absolute Gasteiger partial charge is 0.271 e. The lowest BCUT2D eigenvalue weighted by Gasteiger charge is -2.24. The SMILES string of the molecule is O=[N+]([O-])c1cccc(NC(=S)N[C@H]2C[C@H]3CC[C@@H]2C3)c1. The molecule has 2 fully saturated rings. The van der Waals surface area contributed by atoms with Crippen LogP contribution in [0, 0.1) is 22.0 Å². The van der Waals surface area contributed by atoms with Gasteiger partial charge in [-0.15, -0.1) is 0 Å². The van der Waals surface area contributed by atoms with Gasteiger partial charge in [-0.1, -0.05) is 12.5 Å². The van der Waals surface area contributed by atoms with Crippen molar-refractivity contribution in [2.24, 2.45) is 11.8 Å². The topological polar surface area (TPSA) is 67.2 Å². The van der Waals surface area contributed by atoms with Crippen molar-refractivity contribution in [1.82, 2.24) is 5.32 Å². The van der Waals surface area contributed by atoms with Crippen molar-refractivity contribution in [3.63, 3.8) is 0 Å². The van der Waals surface area contributed by atoms with Crippen LogP contribution in [0.25, 0.3) is 0 Å². The molecule has 0 saturated heterocycles. The predicted molar refractivity (Wildman–Crippen MR) is 81.7 cm³/mol. The highest BCUT2D eigenvalue weighted by atomic mass is 32.1. The lowest BCUT2D eigenvalue weighted by atomic mass is 9.96. The molecule has 0 unspecified atom stereocenters. The van der Waals surface area contributed by atoms with E-state index in [4.69, 9.17) is 12.2 Å². The first-order valence-corrected chi connectivity index (χ1v) is 7.34. The number of nitro groups is 1. The van der Waals surface area contributed by atoms with Crippen LogP contribution in [0.1, 0.15) is 25.7 Å². The number of fused-ring (bicyclic) bond motifs is 2. The molecule has 0 aliphatic heterocycles. The zero-order valence-corrected chi connectivity index (χ0v) is 11.9. The molecule has 0 aromatic heterocycles. The monoisotopic (exact) mass is 291 g/mol. The third-order valence-electron chi connectivity index (χ3n) is 4.37. The summed E-state index contributed by atoms with van der Waals surface area (Å²) in [5.41, 5.74) is 0.720. The molecule has 2 N–H and O–H groups in total. The Morgan fingerprint density at radius 1 is 1.35 bits per heavy atom. The molecule has 20 heavy (non-hydrogen) atoms. The Kier molecular flexibility index (Phi) is 3.56. The van der Waals surface area contributed by atoms with Crippen LogP contribution in [0.15, 0.2) is 24.3 Å². The van der Waals surface area contributed by atoms with E-state index in [1.165, 1.54) is 37.8 Å². The van der Waals surface area contributed by atoms with Crippen molar-refractivity contribution in [3.8, 4) is 0 Å². The van der Waals surface area contributed by atoms with Crippen LogP contribution in [0.4, 0.5) is 11.4 Å². The molecule has 1 aromatic carbocycles. The molecule has 0 amide bonds. The molecule has 2 aliphatic rings. The Bertz CT molecular complexity index is 549. The number of benzene rings is 1. The summed E-state index contributed by atoms with van der Waals surface area (Å²) in [6.45, 7) is 0. The summed E-state index contributed by atoms with van der Waals surface area (Å²) >= 11 is 5.31. The molecule has 0 spiro atoms. The quantitative estimate of drug-likeness (QED) is 0.509. The molecule has 2 bridgehead atoms. The minimum Gasteiger partial charge on any atom is -0.359 e. The van der Waals surface area contributed by atoms with Gasteiger partial charge in [0.1, 0.15) is 0 Å². The number of hydrogen-bond acceptors (Lipinski definition) is 3. The fourth-order valence-electron chi connectivity index (χ4n) is 3.45. The highest BCUT2D eigenvalue weighted by molar-refractivity contribution is 7.80. The summed E-state index contributed by atoms with van der Waals surface area (Å²) in [4.78, 5) is 10.3. The van der Waals surface area contributed by atoms with Crippen LogP contribution < -0.4 is 10.6 Å². The van der Waals surface area contributed by atoms with Gasteiger partial charge in [0.15, 0.2) is 5.11 Å². The van der Waals surface area contributed by atoms with Crippen LogP contribution >= 0.6 is 12.2 Å². The van der Waals surface area contributed by atoms with E-state index in [9.17, 15) is 10.1 Å².